The number of rotatable bonds is 8. The number of aryl methyl sites for hydroxylation is 1. The molecule has 4 nitrogen and oxygen atoms in total. The largest absolute Gasteiger partial charge is 0.315 e. The van der Waals surface area contributed by atoms with Crippen LogP contribution in [0.2, 0.25) is 0 Å². The van der Waals surface area contributed by atoms with Crippen LogP contribution in [0.5, 0.6) is 0 Å². The number of nitrogens with one attached hydrogen (secondary N) is 2. The van der Waals surface area contributed by atoms with E-state index in [9.17, 15) is 8.42 Å². The van der Waals surface area contributed by atoms with Gasteiger partial charge in [0.25, 0.3) is 0 Å². The summed E-state index contributed by atoms with van der Waals surface area (Å²) in [6, 6.07) is 6.04. The third-order valence-electron chi connectivity index (χ3n) is 2.78. The molecule has 1 aromatic carbocycles. The third kappa shape index (κ3) is 6.72. The highest BCUT2D eigenvalue weighted by Crippen LogP contribution is 2.24. The minimum Gasteiger partial charge on any atom is -0.315 e. The van der Waals surface area contributed by atoms with Crippen molar-refractivity contribution in [3.63, 3.8) is 0 Å². The maximum atomic E-state index is 12.0. The number of anilines is 1. The normalized spacial score (nSPS) is 11.8. The predicted octanol–water partition coefficient (Wildman–Crippen LogP) is 3.28. The van der Waals surface area contributed by atoms with Crippen molar-refractivity contribution >= 4 is 31.6 Å². The van der Waals surface area contributed by atoms with Crippen molar-refractivity contribution in [2.75, 3.05) is 17.0 Å². The monoisotopic (exact) mass is 362 g/mol. The van der Waals surface area contributed by atoms with E-state index in [0.29, 0.717) is 18.2 Å². The molecule has 0 atom stereocenters. The Hall–Kier alpha value is -0.590. The van der Waals surface area contributed by atoms with Gasteiger partial charge in [-0.25, -0.2) is 8.42 Å². The average Bonchev–Trinajstić information content (AvgIpc) is 2.32. The summed E-state index contributed by atoms with van der Waals surface area (Å²) in [6.07, 6.45) is 1.51. The highest BCUT2D eigenvalue weighted by atomic mass is 79.9. The molecule has 114 valence electrons. The number of benzene rings is 1. The Balaban J connectivity index is 2.47. The Labute approximate surface area is 130 Å². The van der Waals surface area contributed by atoms with Crippen molar-refractivity contribution in [2.45, 2.75) is 39.7 Å². The average molecular weight is 363 g/mol. The van der Waals surface area contributed by atoms with Gasteiger partial charge < -0.3 is 5.32 Å². The van der Waals surface area contributed by atoms with Gasteiger partial charge in [-0.15, -0.1) is 0 Å². The molecule has 1 rings (SSSR count). The van der Waals surface area contributed by atoms with Crippen LogP contribution in [0, 0.1) is 6.92 Å². The summed E-state index contributed by atoms with van der Waals surface area (Å²) in [5.74, 6) is 0.146. The van der Waals surface area contributed by atoms with Gasteiger partial charge >= 0.3 is 0 Å². The topological polar surface area (TPSA) is 58.2 Å². The lowest BCUT2D eigenvalue weighted by Crippen LogP contribution is -2.24. The molecule has 6 heteroatoms. The van der Waals surface area contributed by atoms with Crippen LogP contribution in [0.3, 0.4) is 0 Å². The molecular weight excluding hydrogens is 340 g/mol. The number of sulfonamides is 1. The predicted molar refractivity (Wildman–Crippen MR) is 88.7 cm³/mol. The van der Waals surface area contributed by atoms with Gasteiger partial charge in [-0.3, -0.25) is 4.72 Å². The Morgan fingerprint density at radius 3 is 2.60 bits per heavy atom. The fourth-order valence-corrected chi connectivity index (χ4v) is 3.41. The SMILES string of the molecule is Cc1ccc(Br)c(NS(=O)(=O)CCCCNC(C)C)c1. The second-order valence-electron chi connectivity index (χ2n) is 5.22. The van der Waals surface area contributed by atoms with E-state index in [4.69, 9.17) is 0 Å². The van der Waals surface area contributed by atoms with Gasteiger partial charge in [0.05, 0.1) is 11.4 Å². The van der Waals surface area contributed by atoms with Crippen LogP contribution >= 0.6 is 15.9 Å². The molecule has 0 amide bonds. The van der Waals surface area contributed by atoms with Crippen molar-refractivity contribution in [1.29, 1.82) is 0 Å². The third-order valence-corrected chi connectivity index (χ3v) is 4.83. The molecule has 1 aromatic rings. The molecule has 0 saturated heterocycles. The zero-order chi connectivity index (χ0) is 15.2. The Morgan fingerprint density at radius 2 is 1.95 bits per heavy atom. The van der Waals surface area contributed by atoms with Crippen molar-refractivity contribution < 1.29 is 8.42 Å². The standard InChI is InChI=1S/C14H23BrN2O2S/c1-11(2)16-8-4-5-9-20(18,19)17-14-10-12(3)6-7-13(14)15/h6-7,10-11,16-17H,4-5,8-9H2,1-3H3. The molecule has 0 spiro atoms. The molecule has 0 aromatic heterocycles. The summed E-state index contributed by atoms with van der Waals surface area (Å²) >= 11 is 3.36. The lowest BCUT2D eigenvalue weighted by Gasteiger charge is -2.11. The molecule has 0 aliphatic rings. The smallest absolute Gasteiger partial charge is 0.232 e. The van der Waals surface area contributed by atoms with Gasteiger partial charge in [0.2, 0.25) is 10.0 Å². The fraction of sp³-hybridized carbons (Fsp3) is 0.571. The summed E-state index contributed by atoms with van der Waals surface area (Å²) in [4.78, 5) is 0. The molecule has 0 radical (unpaired) electrons. The van der Waals surface area contributed by atoms with E-state index in [2.05, 4.69) is 39.8 Å². The van der Waals surface area contributed by atoms with Crippen LogP contribution in [0.4, 0.5) is 5.69 Å². The number of hydrogen-bond donors (Lipinski definition) is 2. The first kappa shape index (κ1) is 17.5. The van der Waals surface area contributed by atoms with Crippen molar-refractivity contribution in [3.8, 4) is 0 Å². The molecule has 0 heterocycles. The zero-order valence-electron chi connectivity index (χ0n) is 12.2. The Bertz CT molecular complexity index is 530. The van der Waals surface area contributed by atoms with Gasteiger partial charge in [-0.05, 0) is 59.9 Å². The van der Waals surface area contributed by atoms with Crippen LogP contribution < -0.4 is 10.0 Å². The molecule has 0 fully saturated rings. The van der Waals surface area contributed by atoms with E-state index in [1.54, 1.807) is 0 Å². The minimum absolute atomic E-state index is 0.146. The maximum Gasteiger partial charge on any atom is 0.232 e. The lowest BCUT2D eigenvalue weighted by molar-refractivity contribution is 0.561. The van der Waals surface area contributed by atoms with Crippen LogP contribution in [-0.4, -0.2) is 26.8 Å². The van der Waals surface area contributed by atoms with Crippen LogP contribution in [-0.2, 0) is 10.0 Å². The van der Waals surface area contributed by atoms with E-state index in [1.807, 2.05) is 25.1 Å². The first-order valence-electron chi connectivity index (χ1n) is 6.80. The zero-order valence-corrected chi connectivity index (χ0v) is 14.6. The van der Waals surface area contributed by atoms with Crippen LogP contribution in [0.25, 0.3) is 0 Å². The summed E-state index contributed by atoms with van der Waals surface area (Å²) in [5.41, 5.74) is 1.62. The van der Waals surface area contributed by atoms with E-state index < -0.39 is 10.0 Å². The van der Waals surface area contributed by atoms with Crippen LogP contribution in [0.1, 0.15) is 32.3 Å². The van der Waals surface area contributed by atoms with Gasteiger partial charge in [-0.1, -0.05) is 19.9 Å². The maximum absolute atomic E-state index is 12.0. The second-order valence-corrected chi connectivity index (χ2v) is 7.92. The van der Waals surface area contributed by atoms with Crippen molar-refractivity contribution in [3.05, 3.63) is 28.2 Å². The van der Waals surface area contributed by atoms with E-state index in [0.717, 1.165) is 23.0 Å². The molecule has 0 aliphatic heterocycles. The fourth-order valence-electron chi connectivity index (χ4n) is 1.74. The minimum atomic E-state index is -3.28. The number of halogens is 1. The first-order valence-corrected chi connectivity index (χ1v) is 9.25. The molecule has 0 bridgehead atoms. The van der Waals surface area contributed by atoms with Gasteiger partial charge in [0.15, 0.2) is 0 Å². The van der Waals surface area contributed by atoms with Crippen molar-refractivity contribution in [2.24, 2.45) is 0 Å². The summed E-state index contributed by atoms with van der Waals surface area (Å²) in [7, 11) is -3.28. The molecule has 20 heavy (non-hydrogen) atoms. The Morgan fingerprint density at radius 1 is 1.25 bits per heavy atom. The summed E-state index contributed by atoms with van der Waals surface area (Å²) in [5, 5.41) is 3.28. The number of unbranched alkanes of at least 4 members (excludes halogenated alkanes) is 1. The highest BCUT2D eigenvalue weighted by Gasteiger charge is 2.12. The highest BCUT2D eigenvalue weighted by molar-refractivity contribution is 9.10. The van der Waals surface area contributed by atoms with Crippen molar-refractivity contribution in [1.82, 2.24) is 5.32 Å². The molecule has 0 aliphatic carbocycles. The first-order chi connectivity index (χ1) is 9.30. The lowest BCUT2D eigenvalue weighted by atomic mass is 10.2. The second kappa shape index (κ2) is 8.00. The van der Waals surface area contributed by atoms with E-state index in [1.165, 1.54) is 0 Å². The van der Waals surface area contributed by atoms with E-state index in [-0.39, 0.29) is 5.75 Å². The van der Waals surface area contributed by atoms with E-state index >= 15 is 0 Å². The van der Waals surface area contributed by atoms with Gasteiger partial charge in [0.1, 0.15) is 0 Å². The number of hydrogen-bond acceptors (Lipinski definition) is 3. The molecular formula is C14H23BrN2O2S. The Kier molecular flexibility index (Phi) is 6.99. The van der Waals surface area contributed by atoms with Gasteiger partial charge in [0, 0.05) is 10.5 Å². The van der Waals surface area contributed by atoms with Gasteiger partial charge in [-0.2, -0.15) is 0 Å². The molecule has 0 unspecified atom stereocenters. The quantitative estimate of drug-likeness (QED) is 0.697. The summed E-state index contributed by atoms with van der Waals surface area (Å²) < 4.78 is 27.4. The van der Waals surface area contributed by atoms with Crippen LogP contribution in [0.15, 0.2) is 22.7 Å². The molecule has 0 saturated carbocycles. The summed E-state index contributed by atoms with van der Waals surface area (Å²) in [6.45, 7) is 6.93. The molecule has 2 N–H and O–H groups in total.